The Labute approximate surface area is 122 Å². The second-order valence-electron chi connectivity index (χ2n) is 6.49. The molecular formula is C15H29N3O2. The molecule has 2 N–H and O–H groups in total. The van der Waals surface area contributed by atoms with Crippen LogP contribution in [0.25, 0.3) is 0 Å². The molecule has 0 aromatic carbocycles. The number of rotatable bonds is 4. The topological polar surface area (TPSA) is 53.6 Å². The maximum atomic E-state index is 12.3. The first-order valence-corrected chi connectivity index (χ1v) is 7.94. The lowest BCUT2D eigenvalue weighted by atomic mass is 10.0. The highest BCUT2D eigenvalue weighted by atomic mass is 16.5. The zero-order valence-corrected chi connectivity index (χ0v) is 13.0. The van der Waals surface area contributed by atoms with Crippen LogP contribution in [-0.2, 0) is 9.53 Å². The van der Waals surface area contributed by atoms with Gasteiger partial charge in [0.2, 0.25) is 5.91 Å². The van der Waals surface area contributed by atoms with E-state index in [0.29, 0.717) is 18.6 Å². The van der Waals surface area contributed by atoms with Gasteiger partial charge in [-0.2, -0.15) is 0 Å². The van der Waals surface area contributed by atoms with Gasteiger partial charge in [0, 0.05) is 32.2 Å². The quantitative estimate of drug-likeness (QED) is 0.793. The molecule has 2 rings (SSSR count). The van der Waals surface area contributed by atoms with Gasteiger partial charge in [-0.3, -0.25) is 4.79 Å². The van der Waals surface area contributed by atoms with E-state index < -0.39 is 0 Å². The maximum absolute atomic E-state index is 12.3. The van der Waals surface area contributed by atoms with Crippen LogP contribution in [0, 0.1) is 5.92 Å². The second kappa shape index (κ2) is 7.38. The van der Waals surface area contributed by atoms with Crippen LogP contribution in [0.1, 0.15) is 33.6 Å². The van der Waals surface area contributed by atoms with Crippen molar-refractivity contribution in [2.45, 2.75) is 51.8 Å². The van der Waals surface area contributed by atoms with Crippen molar-refractivity contribution < 1.29 is 9.53 Å². The molecule has 0 aromatic heterocycles. The molecule has 2 saturated heterocycles. The summed E-state index contributed by atoms with van der Waals surface area (Å²) in [4.78, 5) is 14.8. The van der Waals surface area contributed by atoms with Crippen LogP contribution in [0.15, 0.2) is 0 Å². The van der Waals surface area contributed by atoms with E-state index in [1.165, 1.54) is 0 Å². The van der Waals surface area contributed by atoms with Gasteiger partial charge in [-0.25, -0.2) is 0 Å². The normalized spacial score (nSPS) is 29.6. The lowest BCUT2D eigenvalue weighted by Crippen LogP contribution is -2.58. The molecule has 1 amide bonds. The molecule has 2 aliphatic heterocycles. The molecule has 0 unspecified atom stereocenters. The molecule has 2 fully saturated rings. The molecule has 0 aromatic rings. The highest BCUT2D eigenvalue weighted by molar-refractivity contribution is 5.82. The second-order valence-corrected chi connectivity index (χ2v) is 6.49. The van der Waals surface area contributed by atoms with Crippen molar-refractivity contribution in [3.63, 3.8) is 0 Å². The predicted octanol–water partition coefficient (Wildman–Crippen LogP) is 0.600. The van der Waals surface area contributed by atoms with E-state index in [-0.39, 0.29) is 18.1 Å². The molecule has 20 heavy (non-hydrogen) atoms. The Morgan fingerprint density at radius 1 is 1.40 bits per heavy atom. The highest BCUT2D eigenvalue weighted by Crippen LogP contribution is 2.13. The summed E-state index contributed by atoms with van der Waals surface area (Å²) in [5.74, 6) is 0.810. The van der Waals surface area contributed by atoms with Gasteiger partial charge in [-0.1, -0.05) is 13.8 Å². The first-order chi connectivity index (χ1) is 9.56. The first kappa shape index (κ1) is 15.7. The molecule has 0 spiro atoms. The third-order valence-corrected chi connectivity index (χ3v) is 4.16. The van der Waals surface area contributed by atoms with Gasteiger partial charge in [-0.15, -0.1) is 0 Å². The Morgan fingerprint density at radius 3 is 2.70 bits per heavy atom. The molecule has 2 heterocycles. The smallest absolute Gasteiger partial charge is 0.240 e. The van der Waals surface area contributed by atoms with Gasteiger partial charge in [0.1, 0.15) is 6.04 Å². The van der Waals surface area contributed by atoms with E-state index in [1.54, 1.807) is 0 Å². The van der Waals surface area contributed by atoms with Crippen LogP contribution in [0.4, 0.5) is 0 Å². The molecule has 5 nitrogen and oxygen atoms in total. The fourth-order valence-electron chi connectivity index (χ4n) is 3.09. The highest BCUT2D eigenvalue weighted by Gasteiger charge is 2.30. The largest absolute Gasteiger partial charge is 0.375 e. The van der Waals surface area contributed by atoms with Crippen molar-refractivity contribution in [2.75, 3.05) is 32.8 Å². The third kappa shape index (κ3) is 4.43. The van der Waals surface area contributed by atoms with Crippen molar-refractivity contribution in [1.82, 2.24) is 15.5 Å². The van der Waals surface area contributed by atoms with Gasteiger partial charge in [0.25, 0.3) is 0 Å². The predicted molar refractivity (Wildman–Crippen MR) is 79.6 cm³/mol. The van der Waals surface area contributed by atoms with Crippen molar-refractivity contribution in [3.8, 4) is 0 Å². The number of nitrogens with one attached hydrogen (secondary N) is 2. The summed E-state index contributed by atoms with van der Waals surface area (Å²) in [6.07, 6.45) is 2.07. The fraction of sp³-hybridized carbons (Fsp3) is 0.933. The summed E-state index contributed by atoms with van der Waals surface area (Å²) in [7, 11) is 0. The summed E-state index contributed by atoms with van der Waals surface area (Å²) < 4.78 is 5.53. The van der Waals surface area contributed by atoms with E-state index in [0.717, 1.165) is 39.0 Å². The summed E-state index contributed by atoms with van der Waals surface area (Å²) >= 11 is 0. The van der Waals surface area contributed by atoms with Crippen molar-refractivity contribution >= 4 is 5.91 Å². The summed E-state index contributed by atoms with van der Waals surface area (Å²) in [5.41, 5.74) is 0. The lowest BCUT2D eigenvalue weighted by molar-refractivity contribution is -0.130. The third-order valence-electron chi connectivity index (χ3n) is 4.16. The monoisotopic (exact) mass is 283 g/mol. The first-order valence-electron chi connectivity index (χ1n) is 7.94. The van der Waals surface area contributed by atoms with E-state index in [2.05, 4.69) is 29.4 Å². The number of morpholine rings is 1. The van der Waals surface area contributed by atoms with E-state index >= 15 is 0 Å². The van der Waals surface area contributed by atoms with Crippen molar-refractivity contribution in [1.29, 1.82) is 0 Å². The zero-order chi connectivity index (χ0) is 14.5. The molecule has 2 atom stereocenters. The standard InChI is InChI=1S/C15H29N3O2/c1-11(2)10-18-7-4-13(5-8-18)17-15(19)14-12(3)20-9-6-16-14/h11-14,16H,4-10H2,1-3H3,(H,17,19)/t12-,14+/m1/s1. The Bertz CT molecular complexity index is 314. The Hall–Kier alpha value is -0.650. The van der Waals surface area contributed by atoms with Crippen molar-refractivity contribution in [3.05, 3.63) is 0 Å². The van der Waals surface area contributed by atoms with E-state index in [4.69, 9.17) is 4.74 Å². The number of likely N-dealkylation sites (tertiary alicyclic amines) is 1. The molecule has 0 saturated carbocycles. The van der Waals surface area contributed by atoms with Gasteiger partial charge in [-0.05, 0) is 25.7 Å². The minimum Gasteiger partial charge on any atom is -0.375 e. The number of hydrogen-bond acceptors (Lipinski definition) is 4. The number of hydrogen-bond donors (Lipinski definition) is 2. The van der Waals surface area contributed by atoms with E-state index in [9.17, 15) is 4.79 Å². The lowest BCUT2D eigenvalue weighted by Gasteiger charge is -2.35. The average Bonchev–Trinajstić information content (AvgIpc) is 2.41. The fourth-order valence-corrected chi connectivity index (χ4v) is 3.09. The van der Waals surface area contributed by atoms with Crippen LogP contribution in [0.3, 0.4) is 0 Å². The van der Waals surface area contributed by atoms with E-state index in [1.807, 2.05) is 6.92 Å². The zero-order valence-electron chi connectivity index (χ0n) is 13.0. The molecule has 5 heteroatoms. The molecule has 0 bridgehead atoms. The number of carbonyl (C=O) groups excluding carboxylic acids is 1. The summed E-state index contributed by atoms with van der Waals surface area (Å²) in [6.45, 7) is 11.3. The van der Waals surface area contributed by atoms with Crippen LogP contribution < -0.4 is 10.6 Å². The van der Waals surface area contributed by atoms with Crippen molar-refractivity contribution in [2.24, 2.45) is 5.92 Å². The van der Waals surface area contributed by atoms with Crippen LogP contribution in [0.2, 0.25) is 0 Å². The van der Waals surface area contributed by atoms with Gasteiger partial charge in [0.15, 0.2) is 0 Å². The number of piperidine rings is 1. The number of ether oxygens (including phenoxy) is 1. The Balaban J connectivity index is 1.73. The summed E-state index contributed by atoms with van der Waals surface area (Å²) in [6, 6.07) is 0.124. The van der Waals surface area contributed by atoms with Gasteiger partial charge in [0.05, 0.1) is 12.7 Å². The average molecular weight is 283 g/mol. The number of amides is 1. The molecule has 0 radical (unpaired) electrons. The summed E-state index contributed by atoms with van der Waals surface area (Å²) in [5, 5.41) is 6.43. The van der Waals surface area contributed by atoms with Crippen LogP contribution >= 0.6 is 0 Å². The molecule has 116 valence electrons. The minimum atomic E-state index is -0.197. The molecular weight excluding hydrogens is 254 g/mol. The minimum absolute atomic E-state index is 0.0372. The van der Waals surface area contributed by atoms with Crippen LogP contribution in [0.5, 0.6) is 0 Å². The number of nitrogens with zero attached hydrogens (tertiary/aromatic N) is 1. The molecule has 0 aliphatic carbocycles. The number of carbonyl (C=O) groups is 1. The van der Waals surface area contributed by atoms with Gasteiger partial charge < -0.3 is 20.3 Å². The SMILES string of the molecule is CC(C)CN1CCC(NC(=O)[C@H]2NCCO[C@@H]2C)CC1. The molecule has 2 aliphatic rings. The van der Waals surface area contributed by atoms with Crippen LogP contribution in [-0.4, -0.2) is 61.8 Å². The maximum Gasteiger partial charge on any atom is 0.240 e. The Morgan fingerprint density at radius 2 is 2.10 bits per heavy atom. The Kier molecular flexibility index (Phi) is 5.81. The van der Waals surface area contributed by atoms with Gasteiger partial charge >= 0.3 is 0 Å².